The van der Waals surface area contributed by atoms with Gasteiger partial charge >= 0.3 is 5.78 Å². The largest absolute Gasteiger partial charge is 0.423 e. The van der Waals surface area contributed by atoms with Gasteiger partial charge in [-0.3, -0.25) is 0 Å². The minimum Gasteiger partial charge on any atom is -0.244 e. The molecule has 1 aromatic carbocycles. The van der Waals surface area contributed by atoms with Gasteiger partial charge in [0.05, 0.1) is 6.20 Å². The fourth-order valence-electron chi connectivity index (χ4n) is 1.57. The number of fused-ring (bicyclic) bond motifs is 1. The monoisotopic (exact) mass is 233 g/mol. The standard InChI is InChI=1S/C11H6F2N4/c12-8-2-1-7(5-9(8)13)10-6-17-4-3-14-11(17)16-15-10/h1-6H/p+1. The van der Waals surface area contributed by atoms with Gasteiger partial charge in [0, 0.05) is 10.7 Å². The van der Waals surface area contributed by atoms with Crippen LogP contribution in [-0.2, 0) is 0 Å². The highest BCUT2D eigenvalue weighted by molar-refractivity contribution is 5.57. The van der Waals surface area contributed by atoms with Crippen LogP contribution >= 0.6 is 0 Å². The lowest BCUT2D eigenvalue weighted by Gasteiger charge is -1.98. The van der Waals surface area contributed by atoms with Crippen LogP contribution in [0.1, 0.15) is 0 Å². The van der Waals surface area contributed by atoms with Crippen molar-refractivity contribution >= 4 is 5.78 Å². The van der Waals surface area contributed by atoms with Gasteiger partial charge in [-0.25, -0.2) is 18.2 Å². The number of imidazole rings is 1. The maximum Gasteiger partial charge on any atom is 0.423 e. The van der Waals surface area contributed by atoms with Crippen LogP contribution in [0.4, 0.5) is 8.78 Å². The number of benzene rings is 1. The summed E-state index contributed by atoms with van der Waals surface area (Å²) < 4.78 is 27.6. The molecular weight excluding hydrogens is 226 g/mol. The molecule has 17 heavy (non-hydrogen) atoms. The smallest absolute Gasteiger partial charge is 0.244 e. The minimum absolute atomic E-state index is 0.473. The molecule has 0 fully saturated rings. The van der Waals surface area contributed by atoms with Gasteiger partial charge in [0.2, 0.25) is 0 Å². The van der Waals surface area contributed by atoms with Crippen molar-refractivity contribution in [3.63, 3.8) is 0 Å². The maximum absolute atomic E-state index is 13.1. The molecule has 0 radical (unpaired) electrons. The molecule has 2 aromatic heterocycles. The Hall–Kier alpha value is -2.37. The molecule has 6 heteroatoms. The van der Waals surface area contributed by atoms with Crippen LogP contribution in [-0.4, -0.2) is 15.2 Å². The summed E-state index contributed by atoms with van der Waals surface area (Å²) in [5.74, 6) is -1.20. The van der Waals surface area contributed by atoms with Crippen molar-refractivity contribution in [1.29, 1.82) is 0 Å². The van der Waals surface area contributed by atoms with Crippen molar-refractivity contribution < 1.29 is 13.2 Å². The number of aromatic nitrogens is 4. The average Bonchev–Trinajstić information content (AvgIpc) is 2.79. The Bertz CT molecular complexity index is 693. The van der Waals surface area contributed by atoms with Gasteiger partial charge in [-0.15, -0.1) is 0 Å². The molecule has 0 aliphatic rings. The Morgan fingerprint density at radius 3 is 2.82 bits per heavy atom. The van der Waals surface area contributed by atoms with Crippen molar-refractivity contribution in [3.05, 3.63) is 48.4 Å². The first-order valence-corrected chi connectivity index (χ1v) is 4.91. The zero-order valence-corrected chi connectivity index (χ0v) is 8.56. The second-order valence-electron chi connectivity index (χ2n) is 3.53. The number of nitrogens with one attached hydrogen (secondary N) is 1. The molecule has 0 atom stereocenters. The molecule has 0 aliphatic heterocycles. The van der Waals surface area contributed by atoms with Gasteiger partial charge in [0.25, 0.3) is 0 Å². The molecule has 3 aromatic rings. The minimum atomic E-state index is -0.900. The molecule has 2 heterocycles. The van der Waals surface area contributed by atoms with Crippen molar-refractivity contribution in [3.8, 4) is 11.3 Å². The first-order chi connectivity index (χ1) is 8.24. The van der Waals surface area contributed by atoms with Crippen LogP contribution < -0.4 is 4.40 Å². The van der Waals surface area contributed by atoms with Crippen LogP contribution in [0.15, 0.2) is 36.8 Å². The third-order valence-corrected chi connectivity index (χ3v) is 2.42. The summed E-state index contributed by atoms with van der Waals surface area (Å²) in [6, 6.07) is 3.62. The maximum atomic E-state index is 13.1. The quantitative estimate of drug-likeness (QED) is 0.647. The zero-order valence-electron chi connectivity index (χ0n) is 8.56. The van der Waals surface area contributed by atoms with E-state index in [1.54, 1.807) is 23.0 Å². The van der Waals surface area contributed by atoms with E-state index < -0.39 is 11.6 Å². The first-order valence-electron chi connectivity index (χ1n) is 4.91. The summed E-state index contributed by atoms with van der Waals surface area (Å²) in [6.45, 7) is 0. The molecule has 0 amide bonds. The van der Waals surface area contributed by atoms with Crippen LogP contribution in [0.2, 0.25) is 0 Å². The third-order valence-electron chi connectivity index (χ3n) is 2.42. The SMILES string of the molecule is Fc1ccc(-c2c[n+]3cc[nH]c3nn2)cc1F. The van der Waals surface area contributed by atoms with E-state index in [9.17, 15) is 8.78 Å². The fourth-order valence-corrected chi connectivity index (χ4v) is 1.57. The average molecular weight is 233 g/mol. The second kappa shape index (κ2) is 3.58. The highest BCUT2D eigenvalue weighted by Crippen LogP contribution is 2.17. The third kappa shape index (κ3) is 1.63. The highest BCUT2D eigenvalue weighted by atomic mass is 19.2. The molecule has 84 valence electrons. The molecule has 3 rings (SSSR count). The van der Waals surface area contributed by atoms with E-state index in [4.69, 9.17) is 0 Å². The molecule has 1 N–H and O–H groups in total. The molecule has 4 nitrogen and oxygen atoms in total. The fraction of sp³-hybridized carbons (Fsp3) is 0. The first kappa shape index (κ1) is 9.83. The van der Waals surface area contributed by atoms with E-state index in [2.05, 4.69) is 15.2 Å². The summed E-state index contributed by atoms with van der Waals surface area (Å²) in [7, 11) is 0. The predicted molar refractivity (Wildman–Crippen MR) is 54.9 cm³/mol. The molecule has 0 unspecified atom stereocenters. The van der Waals surface area contributed by atoms with Crippen LogP contribution in [0.25, 0.3) is 17.0 Å². The van der Waals surface area contributed by atoms with Crippen LogP contribution in [0, 0.1) is 11.6 Å². The van der Waals surface area contributed by atoms with Crippen molar-refractivity contribution in [2.24, 2.45) is 0 Å². The lowest BCUT2D eigenvalue weighted by Crippen LogP contribution is -2.20. The second-order valence-corrected chi connectivity index (χ2v) is 3.53. The number of H-pyrrole nitrogens is 1. The van der Waals surface area contributed by atoms with Gasteiger partial charge in [-0.2, -0.15) is 0 Å². The summed E-state index contributed by atoms with van der Waals surface area (Å²) in [5.41, 5.74) is 0.952. The number of hydrogen-bond acceptors (Lipinski definition) is 2. The van der Waals surface area contributed by atoms with Gasteiger partial charge < -0.3 is 0 Å². The van der Waals surface area contributed by atoms with E-state index in [1.807, 2.05) is 0 Å². The molecule has 0 saturated heterocycles. The number of halogens is 2. The summed E-state index contributed by atoms with van der Waals surface area (Å²) in [6.07, 6.45) is 5.15. The van der Waals surface area contributed by atoms with Crippen LogP contribution in [0.3, 0.4) is 0 Å². The van der Waals surface area contributed by atoms with E-state index >= 15 is 0 Å². The Balaban J connectivity index is 2.16. The van der Waals surface area contributed by atoms with Gasteiger partial charge in [-0.1, -0.05) is 5.10 Å². The lowest BCUT2D eigenvalue weighted by atomic mass is 10.1. The summed E-state index contributed by atoms with van der Waals surface area (Å²) in [4.78, 5) is 2.87. The predicted octanol–water partition coefficient (Wildman–Crippen LogP) is 1.49. The molecule has 0 bridgehead atoms. The molecular formula is C11H7F2N4+. The lowest BCUT2D eigenvalue weighted by molar-refractivity contribution is -0.512. The van der Waals surface area contributed by atoms with Crippen molar-refractivity contribution in [2.45, 2.75) is 0 Å². The Morgan fingerprint density at radius 1 is 1.12 bits per heavy atom. The van der Waals surface area contributed by atoms with Gasteiger partial charge in [-0.05, 0) is 18.2 Å². The topological polar surface area (TPSA) is 45.7 Å². The number of rotatable bonds is 1. The number of hydrogen-bond donors (Lipinski definition) is 1. The van der Waals surface area contributed by atoms with E-state index in [1.165, 1.54) is 6.07 Å². The zero-order chi connectivity index (χ0) is 11.8. The normalized spacial score (nSPS) is 10.9. The Kier molecular flexibility index (Phi) is 2.07. The van der Waals surface area contributed by atoms with Crippen LogP contribution in [0.5, 0.6) is 0 Å². The van der Waals surface area contributed by atoms with E-state index in [0.29, 0.717) is 17.0 Å². The number of nitrogens with zero attached hydrogens (tertiary/aromatic N) is 3. The Labute approximate surface area is 94.6 Å². The summed E-state index contributed by atoms with van der Waals surface area (Å²) >= 11 is 0. The summed E-state index contributed by atoms with van der Waals surface area (Å²) in [5, 5.41) is 7.84. The van der Waals surface area contributed by atoms with E-state index in [-0.39, 0.29) is 0 Å². The molecule has 0 aliphatic carbocycles. The van der Waals surface area contributed by atoms with Crippen molar-refractivity contribution in [2.75, 3.05) is 0 Å². The van der Waals surface area contributed by atoms with E-state index in [0.717, 1.165) is 12.1 Å². The Morgan fingerprint density at radius 2 is 2.00 bits per heavy atom. The van der Waals surface area contributed by atoms with Crippen molar-refractivity contribution in [1.82, 2.24) is 15.2 Å². The molecule has 0 saturated carbocycles. The number of aromatic amines is 1. The van der Waals surface area contributed by atoms with Gasteiger partial charge in [0.1, 0.15) is 18.1 Å². The molecule has 0 spiro atoms. The van der Waals surface area contributed by atoms with Gasteiger partial charge in [0.15, 0.2) is 11.6 Å². The highest BCUT2D eigenvalue weighted by Gasteiger charge is 2.10.